The Kier molecular flexibility index (Phi) is 6.79. The van der Waals surface area contributed by atoms with Crippen LogP contribution in [0, 0.1) is 5.82 Å². The van der Waals surface area contributed by atoms with Crippen molar-refractivity contribution in [2.45, 2.75) is 32.2 Å². The number of carbonyl (C=O) groups is 2. The fraction of sp³-hybridized carbons (Fsp3) is 0.600. The Morgan fingerprint density at radius 2 is 1.63 bits per heavy atom. The van der Waals surface area contributed by atoms with Gasteiger partial charge in [-0.25, -0.2) is 4.39 Å². The van der Waals surface area contributed by atoms with Gasteiger partial charge < -0.3 is 10.2 Å². The first-order valence-electron chi connectivity index (χ1n) is 9.83. The minimum Gasteiger partial charge on any atom is -0.341 e. The normalized spacial score (nSPS) is 20.3. The number of benzene rings is 1. The van der Waals surface area contributed by atoms with E-state index in [0.29, 0.717) is 12.2 Å². The molecule has 0 aliphatic carbocycles. The molecule has 0 saturated carbocycles. The van der Waals surface area contributed by atoms with Gasteiger partial charge in [-0.1, -0.05) is 0 Å². The molecule has 6 nitrogen and oxygen atoms in total. The van der Waals surface area contributed by atoms with Gasteiger partial charge in [0.2, 0.25) is 11.8 Å². The summed E-state index contributed by atoms with van der Waals surface area (Å²) in [6, 6.07) is 5.67. The highest BCUT2D eigenvalue weighted by molar-refractivity contribution is 5.92. The first-order valence-corrected chi connectivity index (χ1v) is 9.83. The van der Waals surface area contributed by atoms with E-state index >= 15 is 0 Å². The maximum absolute atomic E-state index is 12.9. The topological polar surface area (TPSA) is 55.9 Å². The van der Waals surface area contributed by atoms with Crippen molar-refractivity contribution in [3.05, 3.63) is 30.1 Å². The van der Waals surface area contributed by atoms with Gasteiger partial charge in [0.15, 0.2) is 0 Å². The molecule has 3 rings (SSSR count). The van der Waals surface area contributed by atoms with Crippen molar-refractivity contribution in [1.29, 1.82) is 0 Å². The zero-order chi connectivity index (χ0) is 19.2. The Morgan fingerprint density at radius 1 is 1.00 bits per heavy atom. The molecule has 2 fully saturated rings. The van der Waals surface area contributed by atoms with E-state index < -0.39 is 0 Å². The third-order valence-corrected chi connectivity index (χ3v) is 5.47. The molecule has 0 aromatic heterocycles. The highest BCUT2D eigenvalue weighted by Crippen LogP contribution is 2.14. The molecule has 27 heavy (non-hydrogen) atoms. The second-order valence-electron chi connectivity index (χ2n) is 7.43. The molecule has 2 amide bonds. The monoisotopic (exact) mass is 376 g/mol. The molecule has 0 unspecified atom stereocenters. The van der Waals surface area contributed by atoms with Crippen LogP contribution in [0.2, 0.25) is 0 Å². The van der Waals surface area contributed by atoms with Crippen LogP contribution in [0.5, 0.6) is 0 Å². The van der Waals surface area contributed by atoms with Crippen molar-refractivity contribution in [3.8, 4) is 0 Å². The van der Waals surface area contributed by atoms with Crippen molar-refractivity contribution in [2.75, 3.05) is 51.1 Å². The lowest BCUT2D eigenvalue weighted by Gasteiger charge is -2.39. The number of nitrogens with one attached hydrogen (secondary N) is 1. The number of piperidine rings is 1. The second-order valence-corrected chi connectivity index (χ2v) is 7.43. The molecule has 1 atom stereocenters. The summed E-state index contributed by atoms with van der Waals surface area (Å²) in [7, 11) is 0. The Labute approximate surface area is 160 Å². The molecule has 1 aromatic carbocycles. The molecule has 0 bridgehead atoms. The van der Waals surface area contributed by atoms with Crippen LogP contribution in [0.15, 0.2) is 24.3 Å². The first-order chi connectivity index (χ1) is 13.0. The number of hydrogen-bond acceptors (Lipinski definition) is 4. The zero-order valence-electron chi connectivity index (χ0n) is 16.0. The number of hydrogen-bond donors (Lipinski definition) is 1. The predicted octanol–water partition coefficient (Wildman–Crippen LogP) is 1.78. The van der Waals surface area contributed by atoms with E-state index in [4.69, 9.17) is 0 Å². The lowest BCUT2D eigenvalue weighted by atomic mass is 10.1. The lowest BCUT2D eigenvalue weighted by molar-refractivity contribution is -0.138. The summed E-state index contributed by atoms with van der Waals surface area (Å²) in [5, 5.41) is 2.79. The molecule has 1 aromatic rings. The third-order valence-electron chi connectivity index (χ3n) is 5.47. The molecule has 2 aliphatic rings. The zero-order valence-corrected chi connectivity index (χ0v) is 16.0. The van der Waals surface area contributed by atoms with Crippen LogP contribution < -0.4 is 5.32 Å². The van der Waals surface area contributed by atoms with Crippen LogP contribution in [-0.2, 0) is 9.59 Å². The number of piperazine rings is 1. The Morgan fingerprint density at radius 3 is 2.26 bits per heavy atom. The van der Waals surface area contributed by atoms with Crippen molar-refractivity contribution in [3.63, 3.8) is 0 Å². The first kappa shape index (κ1) is 19.8. The average Bonchev–Trinajstić information content (AvgIpc) is 2.70. The fourth-order valence-electron chi connectivity index (χ4n) is 3.78. The van der Waals surface area contributed by atoms with Crippen LogP contribution in [-0.4, -0.2) is 78.4 Å². The summed E-state index contributed by atoms with van der Waals surface area (Å²) < 4.78 is 12.9. The molecular formula is C20H29FN4O2. The second kappa shape index (κ2) is 9.28. The molecule has 2 saturated heterocycles. The lowest BCUT2D eigenvalue weighted by Crippen LogP contribution is -2.55. The molecule has 7 heteroatoms. The van der Waals surface area contributed by atoms with Gasteiger partial charge in [0.05, 0.1) is 12.6 Å². The van der Waals surface area contributed by atoms with Crippen molar-refractivity contribution in [2.24, 2.45) is 0 Å². The van der Waals surface area contributed by atoms with E-state index in [1.807, 2.05) is 11.8 Å². The summed E-state index contributed by atoms with van der Waals surface area (Å²) in [5.41, 5.74) is 0.598. The number of likely N-dealkylation sites (tertiary alicyclic amines) is 1. The van der Waals surface area contributed by atoms with Gasteiger partial charge in [0, 0.05) is 45.0 Å². The quantitative estimate of drug-likeness (QED) is 0.851. The smallest absolute Gasteiger partial charge is 0.239 e. The molecule has 2 heterocycles. The van der Waals surface area contributed by atoms with Gasteiger partial charge in [0.1, 0.15) is 5.82 Å². The Bertz CT molecular complexity index is 638. The van der Waals surface area contributed by atoms with E-state index in [0.717, 1.165) is 52.1 Å². The van der Waals surface area contributed by atoms with Crippen LogP contribution in [0.3, 0.4) is 0 Å². The fourth-order valence-corrected chi connectivity index (χ4v) is 3.78. The molecule has 0 spiro atoms. The molecule has 148 valence electrons. The van der Waals surface area contributed by atoms with E-state index in [2.05, 4.69) is 15.1 Å². The van der Waals surface area contributed by atoms with Gasteiger partial charge >= 0.3 is 0 Å². The van der Waals surface area contributed by atoms with Gasteiger partial charge in [0.25, 0.3) is 0 Å². The Balaban J connectivity index is 1.42. The predicted molar refractivity (Wildman–Crippen MR) is 103 cm³/mol. The summed E-state index contributed by atoms with van der Waals surface area (Å²) in [6.45, 7) is 7.14. The largest absolute Gasteiger partial charge is 0.341 e. The number of nitrogens with zero attached hydrogens (tertiary/aromatic N) is 3. The maximum Gasteiger partial charge on any atom is 0.239 e. The van der Waals surface area contributed by atoms with Crippen molar-refractivity contribution in [1.82, 2.24) is 14.7 Å². The molecule has 1 N–H and O–H groups in total. The van der Waals surface area contributed by atoms with Crippen molar-refractivity contribution >= 4 is 17.5 Å². The van der Waals surface area contributed by atoms with Crippen molar-refractivity contribution < 1.29 is 14.0 Å². The summed E-state index contributed by atoms with van der Waals surface area (Å²) in [4.78, 5) is 31.1. The highest BCUT2D eigenvalue weighted by atomic mass is 19.1. The average molecular weight is 376 g/mol. The number of amides is 2. The highest BCUT2D eigenvalue weighted by Gasteiger charge is 2.29. The number of halogens is 1. The molecule has 0 radical (unpaired) electrons. The molecule has 2 aliphatic heterocycles. The number of rotatable bonds is 5. The number of carbonyl (C=O) groups excluding carboxylic acids is 2. The van der Waals surface area contributed by atoms with Crippen LogP contribution in [0.25, 0.3) is 0 Å². The minimum atomic E-state index is -0.322. The van der Waals surface area contributed by atoms with E-state index in [-0.39, 0.29) is 23.7 Å². The van der Waals surface area contributed by atoms with Gasteiger partial charge in [-0.3, -0.25) is 19.4 Å². The van der Waals surface area contributed by atoms with Crippen LogP contribution in [0.1, 0.15) is 26.2 Å². The van der Waals surface area contributed by atoms with Crippen LogP contribution in [0.4, 0.5) is 10.1 Å². The molecular weight excluding hydrogens is 347 g/mol. The maximum atomic E-state index is 12.9. The number of anilines is 1. The Hall–Kier alpha value is -1.99. The summed E-state index contributed by atoms with van der Waals surface area (Å²) >= 11 is 0. The SMILES string of the molecule is C[C@@H](C(=O)N1CCCCC1)N1CCN(CC(=O)Nc2ccc(F)cc2)CC1. The van der Waals surface area contributed by atoms with E-state index in [1.54, 1.807) is 12.1 Å². The van der Waals surface area contributed by atoms with Crippen LogP contribution >= 0.6 is 0 Å². The third kappa shape index (κ3) is 5.49. The standard InChI is InChI=1S/C20H29FN4O2/c1-16(20(27)25-9-3-2-4-10-25)24-13-11-23(12-14-24)15-19(26)22-18-7-5-17(21)6-8-18/h5-8,16H,2-4,9-15H2,1H3,(H,22,26)/t16-/m0/s1. The van der Waals surface area contributed by atoms with E-state index in [1.165, 1.54) is 18.6 Å². The van der Waals surface area contributed by atoms with Gasteiger partial charge in [-0.15, -0.1) is 0 Å². The van der Waals surface area contributed by atoms with Gasteiger partial charge in [-0.05, 0) is 50.5 Å². The summed E-state index contributed by atoms with van der Waals surface area (Å²) in [6.07, 6.45) is 3.43. The summed E-state index contributed by atoms with van der Waals surface area (Å²) in [5.74, 6) is -0.193. The van der Waals surface area contributed by atoms with E-state index in [9.17, 15) is 14.0 Å². The minimum absolute atomic E-state index is 0.0988. The van der Waals surface area contributed by atoms with Gasteiger partial charge in [-0.2, -0.15) is 0 Å².